The summed E-state index contributed by atoms with van der Waals surface area (Å²) in [4.78, 5) is 3.96. The van der Waals surface area contributed by atoms with Gasteiger partial charge in [-0.15, -0.1) is 0 Å². The van der Waals surface area contributed by atoms with Crippen LogP contribution in [-0.2, 0) is 4.74 Å². The summed E-state index contributed by atoms with van der Waals surface area (Å²) in [5.74, 6) is 0. The van der Waals surface area contributed by atoms with Gasteiger partial charge in [-0.1, -0.05) is 12.8 Å². The number of pyridine rings is 1. The molecule has 104 valence electrons. The Hall–Kier alpha value is -1.20. The van der Waals surface area contributed by atoms with E-state index in [1.807, 2.05) is 12.1 Å². The Bertz CT molecular complexity index is 380. The molecule has 0 unspecified atom stereocenters. The van der Waals surface area contributed by atoms with E-state index in [9.17, 15) is 0 Å². The Morgan fingerprint density at radius 3 is 2.79 bits per heavy atom. The predicted octanol–water partition coefficient (Wildman–Crippen LogP) is 2.72. The van der Waals surface area contributed by atoms with Crippen LogP contribution in [-0.4, -0.2) is 29.4 Å². The number of aromatic nitrogens is 1. The molecule has 0 spiro atoms. The van der Waals surface area contributed by atoms with E-state index in [2.05, 4.69) is 15.6 Å². The van der Waals surface area contributed by atoms with Gasteiger partial charge in [0.05, 0.1) is 6.10 Å². The van der Waals surface area contributed by atoms with Crippen LogP contribution in [0.25, 0.3) is 0 Å². The summed E-state index contributed by atoms with van der Waals surface area (Å²) in [5.41, 5.74) is 0.953. The molecule has 0 saturated heterocycles. The summed E-state index contributed by atoms with van der Waals surface area (Å²) in [6.45, 7) is 1.65. The maximum atomic E-state index is 5.79. The number of hydrogen-bond acceptors (Lipinski definition) is 3. The molecule has 2 rings (SSSR count). The minimum Gasteiger partial charge on any atom is -0.378 e. The van der Waals surface area contributed by atoms with Crippen LogP contribution in [0.1, 0.15) is 32.1 Å². The van der Waals surface area contributed by atoms with Gasteiger partial charge in [0, 0.05) is 31.2 Å². The van der Waals surface area contributed by atoms with Crippen molar-refractivity contribution in [1.29, 1.82) is 0 Å². The highest BCUT2D eigenvalue weighted by molar-refractivity contribution is 7.80. The van der Waals surface area contributed by atoms with Gasteiger partial charge >= 0.3 is 0 Å². The quantitative estimate of drug-likeness (QED) is 0.619. The van der Waals surface area contributed by atoms with E-state index in [0.29, 0.717) is 11.2 Å². The first-order chi connectivity index (χ1) is 9.34. The average Bonchev–Trinajstić information content (AvgIpc) is 2.92. The van der Waals surface area contributed by atoms with Gasteiger partial charge in [0.2, 0.25) is 0 Å². The molecule has 1 fully saturated rings. The van der Waals surface area contributed by atoms with Crippen LogP contribution in [0.15, 0.2) is 24.5 Å². The zero-order chi connectivity index (χ0) is 13.3. The van der Waals surface area contributed by atoms with Gasteiger partial charge in [-0.2, -0.15) is 0 Å². The van der Waals surface area contributed by atoms with E-state index in [1.165, 1.54) is 25.7 Å². The second kappa shape index (κ2) is 8.07. The topological polar surface area (TPSA) is 46.2 Å². The molecule has 0 atom stereocenters. The van der Waals surface area contributed by atoms with Crippen molar-refractivity contribution in [1.82, 2.24) is 10.3 Å². The SMILES string of the molecule is S=C(NCCCOC1CCCC1)Nc1ccncc1. The number of anilines is 1. The maximum absolute atomic E-state index is 5.79. The van der Waals surface area contributed by atoms with E-state index >= 15 is 0 Å². The largest absolute Gasteiger partial charge is 0.378 e. The van der Waals surface area contributed by atoms with Gasteiger partial charge in [-0.05, 0) is 43.6 Å². The van der Waals surface area contributed by atoms with Crippen LogP contribution in [0.4, 0.5) is 5.69 Å². The van der Waals surface area contributed by atoms with Crippen molar-refractivity contribution in [2.75, 3.05) is 18.5 Å². The number of hydrogen-bond donors (Lipinski definition) is 2. The third kappa shape index (κ3) is 5.53. The van der Waals surface area contributed by atoms with Crippen LogP contribution >= 0.6 is 12.2 Å². The van der Waals surface area contributed by atoms with Crippen LogP contribution in [0.2, 0.25) is 0 Å². The van der Waals surface area contributed by atoms with Crippen molar-refractivity contribution < 1.29 is 4.74 Å². The lowest BCUT2D eigenvalue weighted by molar-refractivity contribution is 0.0574. The molecule has 5 heteroatoms. The molecule has 1 saturated carbocycles. The molecular formula is C14H21N3OS. The minimum atomic E-state index is 0.502. The fraction of sp³-hybridized carbons (Fsp3) is 0.571. The summed E-state index contributed by atoms with van der Waals surface area (Å²) in [6, 6.07) is 3.77. The number of nitrogens with zero attached hydrogens (tertiary/aromatic N) is 1. The smallest absolute Gasteiger partial charge is 0.170 e. The number of rotatable bonds is 6. The lowest BCUT2D eigenvalue weighted by atomic mass is 10.3. The molecule has 1 aromatic rings. The van der Waals surface area contributed by atoms with Crippen molar-refractivity contribution in [3.8, 4) is 0 Å². The third-order valence-electron chi connectivity index (χ3n) is 3.20. The van der Waals surface area contributed by atoms with Gasteiger partial charge in [0.25, 0.3) is 0 Å². The van der Waals surface area contributed by atoms with Crippen molar-refractivity contribution in [3.05, 3.63) is 24.5 Å². The Balaban J connectivity index is 1.51. The van der Waals surface area contributed by atoms with Crippen LogP contribution < -0.4 is 10.6 Å². The molecule has 19 heavy (non-hydrogen) atoms. The minimum absolute atomic E-state index is 0.502. The van der Waals surface area contributed by atoms with Gasteiger partial charge in [0.15, 0.2) is 5.11 Å². The van der Waals surface area contributed by atoms with E-state index in [4.69, 9.17) is 17.0 Å². The first kappa shape index (κ1) is 14.2. The highest BCUT2D eigenvalue weighted by Gasteiger charge is 2.14. The second-order valence-electron chi connectivity index (χ2n) is 4.75. The molecule has 0 amide bonds. The third-order valence-corrected chi connectivity index (χ3v) is 3.45. The second-order valence-corrected chi connectivity index (χ2v) is 5.16. The van der Waals surface area contributed by atoms with Crippen LogP contribution in [0.3, 0.4) is 0 Å². The molecule has 4 nitrogen and oxygen atoms in total. The highest BCUT2D eigenvalue weighted by atomic mass is 32.1. The summed E-state index contributed by atoms with van der Waals surface area (Å²) in [7, 11) is 0. The number of thiocarbonyl (C=S) groups is 1. The Morgan fingerprint density at radius 1 is 1.32 bits per heavy atom. The van der Waals surface area contributed by atoms with E-state index in [0.717, 1.165) is 25.3 Å². The maximum Gasteiger partial charge on any atom is 0.170 e. The van der Waals surface area contributed by atoms with Crippen LogP contribution in [0, 0.1) is 0 Å². The van der Waals surface area contributed by atoms with E-state index < -0.39 is 0 Å². The lowest BCUT2D eigenvalue weighted by Crippen LogP contribution is -2.30. The van der Waals surface area contributed by atoms with Crippen molar-refractivity contribution in [2.45, 2.75) is 38.2 Å². The van der Waals surface area contributed by atoms with Crippen molar-refractivity contribution in [3.63, 3.8) is 0 Å². The summed E-state index contributed by atoms with van der Waals surface area (Å²) in [5, 5.41) is 6.94. The van der Waals surface area contributed by atoms with Gasteiger partial charge in [-0.3, -0.25) is 4.98 Å². The molecule has 1 aromatic heterocycles. The zero-order valence-electron chi connectivity index (χ0n) is 11.1. The standard InChI is InChI=1S/C14H21N3OS/c19-14(17-12-6-9-15-10-7-12)16-8-3-11-18-13-4-1-2-5-13/h6-7,9-10,13H,1-5,8,11H2,(H2,15,16,17,19). The molecule has 2 N–H and O–H groups in total. The number of ether oxygens (including phenoxy) is 1. The van der Waals surface area contributed by atoms with E-state index in [1.54, 1.807) is 12.4 Å². The van der Waals surface area contributed by atoms with Crippen molar-refractivity contribution in [2.24, 2.45) is 0 Å². The Morgan fingerprint density at radius 2 is 2.05 bits per heavy atom. The summed E-state index contributed by atoms with van der Waals surface area (Å²) >= 11 is 5.21. The molecule has 0 aliphatic heterocycles. The van der Waals surface area contributed by atoms with Gasteiger partial charge < -0.3 is 15.4 Å². The fourth-order valence-corrected chi connectivity index (χ4v) is 2.41. The van der Waals surface area contributed by atoms with E-state index in [-0.39, 0.29) is 0 Å². The fourth-order valence-electron chi connectivity index (χ4n) is 2.19. The molecule has 1 heterocycles. The molecule has 0 radical (unpaired) electrons. The van der Waals surface area contributed by atoms with Crippen molar-refractivity contribution >= 4 is 23.0 Å². The molecular weight excluding hydrogens is 258 g/mol. The van der Waals surface area contributed by atoms with Gasteiger partial charge in [-0.25, -0.2) is 0 Å². The van der Waals surface area contributed by atoms with Gasteiger partial charge in [0.1, 0.15) is 0 Å². The highest BCUT2D eigenvalue weighted by Crippen LogP contribution is 2.20. The molecule has 0 aromatic carbocycles. The first-order valence-electron chi connectivity index (χ1n) is 6.91. The summed E-state index contributed by atoms with van der Waals surface area (Å²) in [6.07, 6.45) is 10.1. The molecule has 0 bridgehead atoms. The monoisotopic (exact) mass is 279 g/mol. The molecule has 1 aliphatic rings. The Kier molecular flexibility index (Phi) is 6.04. The molecule has 1 aliphatic carbocycles. The number of nitrogens with one attached hydrogen (secondary N) is 2. The average molecular weight is 279 g/mol. The predicted molar refractivity (Wildman–Crippen MR) is 81.3 cm³/mol. The first-order valence-corrected chi connectivity index (χ1v) is 7.32. The summed E-state index contributed by atoms with van der Waals surface area (Å²) < 4.78 is 5.79. The lowest BCUT2D eigenvalue weighted by Gasteiger charge is -2.12. The normalized spacial score (nSPS) is 15.4. The Labute approximate surface area is 120 Å². The van der Waals surface area contributed by atoms with Crippen LogP contribution in [0.5, 0.6) is 0 Å². The zero-order valence-corrected chi connectivity index (χ0v) is 11.9.